The lowest BCUT2D eigenvalue weighted by molar-refractivity contribution is -0.202. The van der Waals surface area contributed by atoms with E-state index in [2.05, 4.69) is 25.4 Å². The lowest BCUT2D eigenvalue weighted by Gasteiger charge is -2.28. The molecule has 0 spiro atoms. The predicted molar refractivity (Wildman–Crippen MR) is 153 cm³/mol. The normalized spacial score (nSPS) is 26.0. The van der Waals surface area contributed by atoms with Crippen LogP contribution in [0.2, 0.25) is 0 Å². The Labute approximate surface area is 247 Å². The van der Waals surface area contributed by atoms with Crippen molar-refractivity contribution in [2.45, 2.75) is 90.5 Å². The molecule has 236 valence electrons. The van der Waals surface area contributed by atoms with Crippen LogP contribution in [0.3, 0.4) is 0 Å². The Morgan fingerprint density at radius 2 is 1.86 bits per heavy atom. The number of esters is 1. The zero-order valence-corrected chi connectivity index (χ0v) is 25.8. The van der Waals surface area contributed by atoms with E-state index in [0.29, 0.717) is 11.6 Å². The van der Waals surface area contributed by atoms with Crippen LogP contribution in [0.4, 0.5) is 14.6 Å². The Balaban J connectivity index is 1.62. The Morgan fingerprint density at radius 3 is 2.49 bits per heavy atom. The van der Waals surface area contributed by atoms with Crippen LogP contribution in [0.25, 0.3) is 11.2 Å². The highest BCUT2D eigenvalue weighted by molar-refractivity contribution is 7.52. The number of alkyl halides is 2. The first-order chi connectivity index (χ1) is 20.0. The fraction of sp³-hybridized carbons (Fsp3) is 0.556. The van der Waals surface area contributed by atoms with Crippen molar-refractivity contribution < 1.29 is 41.8 Å². The van der Waals surface area contributed by atoms with Gasteiger partial charge in [-0.15, -0.1) is 0 Å². The molecule has 4 rings (SSSR count). The Hall–Kier alpha value is -3.23. The van der Waals surface area contributed by atoms with Gasteiger partial charge in [-0.3, -0.25) is 13.9 Å². The molecular formula is C27H37F2N6O7P. The van der Waals surface area contributed by atoms with Gasteiger partial charge < -0.3 is 24.4 Å². The molecule has 1 saturated heterocycles. The molecule has 6 atom stereocenters. The average Bonchev–Trinajstić information content (AvgIpc) is 3.40. The molecule has 13 nitrogen and oxygen atoms in total. The fourth-order valence-corrected chi connectivity index (χ4v) is 5.95. The Morgan fingerprint density at radius 1 is 1.19 bits per heavy atom. The van der Waals surface area contributed by atoms with E-state index in [-0.39, 0.29) is 23.0 Å². The van der Waals surface area contributed by atoms with Crippen molar-refractivity contribution in [2.75, 3.05) is 11.9 Å². The number of aliphatic hydroxyl groups is 1. The third-order valence-electron chi connectivity index (χ3n) is 6.40. The molecule has 3 N–H and O–H groups in total. The molecule has 1 fully saturated rings. The second kappa shape index (κ2) is 12.4. The van der Waals surface area contributed by atoms with Crippen molar-refractivity contribution >= 4 is 30.7 Å². The van der Waals surface area contributed by atoms with Gasteiger partial charge in [0.15, 0.2) is 35.0 Å². The number of carbonyl (C=O) groups is 1. The molecule has 43 heavy (non-hydrogen) atoms. The maximum absolute atomic E-state index is 16.3. The molecule has 3 aromatic rings. The number of rotatable bonds is 12. The summed E-state index contributed by atoms with van der Waals surface area (Å²) in [6, 6.07) is 6.58. The van der Waals surface area contributed by atoms with Crippen LogP contribution < -0.4 is 14.9 Å². The first kappa shape index (κ1) is 32.7. The van der Waals surface area contributed by atoms with E-state index in [1.54, 1.807) is 39.0 Å². The minimum absolute atomic E-state index is 0.00774. The number of para-hydroxylation sites is 1. The summed E-state index contributed by atoms with van der Waals surface area (Å²) >= 11 is 0. The summed E-state index contributed by atoms with van der Waals surface area (Å²) in [7, 11) is -4.56. The maximum atomic E-state index is 16.3. The van der Waals surface area contributed by atoms with Crippen LogP contribution in [-0.2, 0) is 23.4 Å². The van der Waals surface area contributed by atoms with E-state index in [4.69, 9.17) is 18.5 Å². The number of carbonyl (C=O) groups excluding carboxylic acids is 1. The topological polar surface area (TPSA) is 159 Å². The molecule has 0 aliphatic carbocycles. The number of anilines is 1. The molecule has 1 aromatic carbocycles. The van der Waals surface area contributed by atoms with Gasteiger partial charge in [-0.2, -0.15) is 5.09 Å². The van der Waals surface area contributed by atoms with Crippen molar-refractivity contribution in [3.05, 3.63) is 42.5 Å². The number of hydrogen-bond donors (Lipinski definition) is 3. The number of nitrogens with zero attached hydrogens (tertiary/aromatic N) is 4. The number of nitrogens with one attached hydrogen (secondary N) is 2. The SMILES string of the molecule is Cc1nc(NC(C)C)c2ncn([C@@H]3O[C@](F)(COP(=O)(N[C@@H](C)C(=O)OC(C)C)Oc4ccccc4)[C@@H](O)[C@@]3(C)F)c2n1. The number of halogens is 2. The minimum atomic E-state index is -4.56. The third-order valence-corrected chi connectivity index (χ3v) is 8.03. The van der Waals surface area contributed by atoms with Gasteiger partial charge in [0, 0.05) is 6.04 Å². The van der Waals surface area contributed by atoms with E-state index < -0.39 is 56.3 Å². The molecule has 0 saturated carbocycles. The summed E-state index contributed by atoms with van der Waals surface area (Å²) in [5, 5.41) is 16.4. The first-order valence-corrected chi connectivity index (χ1v) is 15.3. The quantitative estimate of drug-likeness (QED) is 0.193. The molecule has 1 aliphatic heterocycles. The van der Waals surface area contributed by atoms with Crippen LogP contribution in [0.1, 0.15) is 53.6 Å². The van der Waals surface area contributed by atoms with Gasteiger partial charge in [-0.05, 0) is 60.6 Å². The van der Waals surface area contributed by atoms with Gasteiger partial charge in [-0.1, -0.05) is 18.2 Å². The summed E-state index contributed by atoms with van der Waals surface area (Å²) in [6.07, 6.45) is -3.43. The number of aryl methyl sites for hydroxylation is 1. The highest BCUT2D eigenvalue weighted by Crippen LogP contribution is 2.52. The van der Waals surface area contributed by atoms with Gasteiger partial charge in [0.1, 0.15) is 24.2 Å². The lowest BCUT2D eigenvalue weighted by atomic mass is 9.97. The van der Waals surface area contributed by atoms with Crippen molar-refractivity contribution in [2.24, 2.45) is 0 Å². The molecule has 1 aliphatic rings. The fourth-order valence-electron chi connectivity index (χ4n) is 4.44. The molecule has 0 amide bonds. The van der Waals surface area contributed by atoms with Gasteiger partial charge in [0.05, 0.1) is 12.4 Å². The molecule has 1 unspecified atom stereocenters. The average molecular weight is 627 g/mol. The predicted octanol–water partition coefficient (Wildman–Crippen LogP) is 4.37. The van der Waals surface area contributed by atoms with Gasteiger partial charge >= 0.3 is 13.7 Å². The standard InChI is InChI=1S/C27H37F2N6O7P/c1-15(2)31-21-20-22(33-18(6)32-21)35(14-30-20)25-26(7,28)24(37)27(29,41-25)13-39-43(38,42-19-11-9-8-10-12-19)34-17(5)23(36)40-16(3)4/h8-12,14-17,24-25,37H,13H2,1-7H3,(H,34,38)(H,31,32,33)/t17-,24-,25+,26+,27+,43?/m0/s1. The summed E-state index contributed by atoms with van der Waals surface area (Å²) in [5.41, 5.74) is -2.31. The highest BCUT2D eigenvalue weighted by atomic mass is 31.2. The van der Waals surface area contributed by atoms with E-state index >= 15 is 8.78 Å². The Kier molecular flexibility index (Phi) is 9.43. The molecule has 3 heterocycles. The molecular weight excluding hydrogens is 589 g/mol. The summed E-state index contributed by atoms with van der Waals surface area (Å²) in [5.74, 6) is -3.19. The van der Waals surface area contributed by atoms with E-state index in [0.717, 1.165) is 11.5 Å². The van der Waals surface area contributed by atoms with Crippen molar-refractivity contribution in [3.8, 4) is 5.75 Å². The number of imidazole rings is 1. The molecule has 0 radical (unpaired) electrons. The smallest absolute Gasteiger partial charge is 0.459 e. The monoisotopic (exact) mass is 626 g/mol. The minimum Gasteiger partial charge on any atom is -0.462 e. The van der Waals surface area contributed by atoms with E-state index in [1.807, 2.05) is 13.8 Å². The summed E-state index contributed by atoms with van der Waals surface area (Å²) < 4.78 is 68.9. The number of benzene rings is 1. The Bertz CT molecular complexity index is 1490. The largest absolute Gasteiger partial charge is 0.462 e. The maximum Gasteiger partial charge on any atom is 0.459 e. The van der Waals surface area contributed by atoms with Crippen molar-refractivity contribution in [3.63, 3.8) is 0 Å². The second-order valence-electron chi connectivity index (χ2n) is 11.1. The molecule has 0 bridgehead atoms. The van der Waals surface area contributed by atoms with Crippen LogP contribution in [0.15, 0.2) is 36.7 Å². The van der Waals surface area contributed by atoms with Crippen LogP contribution >= 0.6 is 7.75 Å². The van der Waals surface area contributed by atoms with Crippen molar-refractivity contribution in [1.29, 1.82) is 0 Å². The second-order valence-corrected chi connectivity index (χ2v) is 12.8. The summed E-state index contributed by atoms with van der Waals surface area (Å²) in [6.45, 7) is 9.76. The molecule has 16 heteroatoms. The zero-order valence-electron chi connectivity index (χ0n) is 24.9. The van der Waals surface area contributed by atoms with Crippen molar-refractivity contribution in [1.82, 2.24) is 24.6 Å². The first-order valence-electron chi connectivity index (χ1n) is 13.7. The van der Waals surface area contributed by atoms with Crippen LogP contribution in [0, 0.1) is 6.92 Å². The van der Waals surface area contributed by atoms with Crippen LogP contribution in [-0.4, -0.2) is 73.0 Å². The number of fused-ring (bicyclic) bond motifs is 1. The van der Waals surface area contributed by atoms with E-state index in [9.17, 15) is 14.5 Å². The van der Waals surface area contributed by atoms with Crippen LogP contribution in [0.5, 0.6) is 5.75 Å². The number of hydrogen-bond acceptors (Lipinski definition) is 11. The third kappa shape index (κ3) is 7.13. The zero-order chi connectivity index (χ0) is 31.7. The van der Waals surface area contributed by atoms with Gasteiger partial charge in [0.2, 0.25) is 0 Å². The number of aliphatic hydroxyl groups excluding tert-OH is 1. The summed E-state index contributed by atoms with van der Waals surface area (Å²) in [4.78, 5) is 25.4. The van der Waals surface area contributed by atoms with Gasteiger partial charge in [0.25, 0.3) is 5.85 Å². The number of ether oxygens (including phenoxy) is 2. The van der Waals surface area contributed by atoms with E-state index in [1.165, 1.54) is 25.4 Å². The highest BCUT2D eigenvalue weighted by Gasteiger charge is 2.65. The lowest BCUT2D eigenvalue weighted by Crippen LogP contribution is -2.47. The molecule has 2 aromatic heterocycles. The number of aromatic nitrogens is 4. The van der Waals surface area contributed by atoms with Gasteiger partial charge in [-0.25, -0.2) is 28.3 Å².